The highest BCUT2D eigenvalue weighted by Crippen LogP contribution is 2.45. The van der Waals surface area contributed by atoms with E-state index in [0.717, 1.165) is 23.1 Å². The van der Waals surface area contributed by atoms with Crippen LogP contribution in [0.3, 0.4) is 0 Å². The Labute approximate surface area is 193 Å². The Bertz CT molecular complexity index is 1190. The topological polar surface area (TPSA) is 48.0 Å². The Morgan fingerprint density at radius 3 is 2.33 bits per heavy atom. The van der Waals surface area contributed by atoms with Gasteiger partial charge in [-0.3, -0.25) is 4.79 Å². The molecule has 0 fully saturated rings. The van der Waals surface area contributed by atoms with Gasteiger partial charge < -0.3 is 19.1 Å². The molecule has 3 aromatic rings. The van der Waals surface area contributed by atoms with Gasteiger partial charge in [-0.15, -0.1) is 0 Å². The van der Waals surface area contributed by atoms with Crippen molar-refractivity contribution in [3.05, 3.63) is 107 Å². The zero-order chi connectivity index (χ0) is 22.2. The standard InChI is InChI=1S/C28H25NO4/c30-28-24-15-27-26(32-18-33-27)14-22(24)23-13-21(31-17-20-9-5-2-6-10-20)11-12-25(23)29(28)16-19-7-3-1-4-8-19/h1-12,14-15,21,23,25H,13,16-18H2. The van der Waals surface area contributed by atoms with Crippen molar-refractivity contribution in [2.75, 3.05) is 6.79 Å². The zero-order valence-electron chi connectivity index (χ0n) is 18.2. The fraction of sp³-hybridized carbons (Fsp3) is 0.250. The lowest BCUT2D eigenvalue weighted by Gasteiger charge is -2.44. The monoisotopic (exact) mass is 439 g/mol. The summed E-state index contributed by atoms with van der Waals surface area (Å²) in [6.45, 7) is 1.32. The first-order valence-electron chi connectivity index (χ1n) is 11.4. The third-order valence-electron chi connectivity index (χ3n) is 6.72. The van der Waals surface area contributed by atoms with Crippen LogP contribution < -0.4 is 9.47 Å². The fourth-order valence-corrected chi connectivity index (χ4v) is 5.07. The summed E-state index contributed by atoms with van der Waals surface area (Å²) in [7, 11) is 0. The number of carbonyl (C=O) groups is 1. The lowest BCUT2D eigenvalue weighted by atomic mass is 9.76. The number of rotatable bonds is 5. The van der Waals surface area contributed by atoms with E-state index in [-0.39, 0.29) is 30.8 Å². The normalized spacial score (nSPS) is 22.7. The van der Waals surface area contributed by atoms with Gasteiger partial charge in [0.2, 0.25) is 6.79 Å². The lowest BCUT2D eigenvalue weighted by Crippen LogP contribution is -2.48. The molecule has 0 radical (unpaired) electrons. The summed E-state index contributed by atoms with van der Waals surface area (Å²) in [6, 6.07) is 24.2. The van der Waals surface area contributed by atoms with Crippen molar-refractivity contribution in [3.63, 3.8) is 0 Å². The molecule has 3 aromatic carbocycles. The van der Waals surface area contributed by atoms with Gasteiger partial charge in [0.25, 0.3) is 5.91 Å². The number of hydrogen-bond acceptors (Lipinski definition) is 4. The molecule has 3 aliphatic rings. The first-order valence-corrected chi connectivity index (χ1v) is 11.4. The Balaban J connectivity index is 1.33. The average Bonchev–Trinajstić information content (AvgIpc) is 3.33. The molecule has 2 heterocycles. The lowest BCUT2D eigenvalue weighted by molar-refractivity contribution is 0.0379. The largest absolute Gasteiger partial charge is 0.454 e. The quantitative estimate of drug-likeness (QED) is 0.521. The summed E-state index contributed by atoms with van der Waals surface area (Å²) in [5.41, 5.74) is 4.00. The van der Waals surface area contributed by atoms with Gasteiger partial charge in [0.15, 0.2) is 11.5 Å². The third kappa shape index (κ3) is 3.79. The van der Waals surface area contributed by atoms with Gasteiger partial charge in [0, 0.05) is 18.0 Å². The van der Waals surface area contributed by atoms with Crippen LogP contribution in [-0.4, -0.2) is 29.7 Å². The van der Waals surface area contributed by atoms with E-state index in [9.17, 15) is 4.79 Å². The average molecular weight is 440 g/mol. The highest BCUT2D eigenvalue weighted by molar-refractivity contribution is 5.98. The minimum absolute atomic E-state index is 0.0171. The second-order valence-electron chi connectivity index (χ2n) is 8.76. The fourth-order valence-electron chi connectivity index (χ4n) is 5.07. The molecule has 2 aliphatic heterocycles. The van der Waals surface area contributed by atoms with Crippen molar-refractivity contribution in [2.45, 2.75) is 37.6 Å². The van der Waals surface area contributed by atoms with Gasteiger partial charge in [0.1, 0.15) is 0 Å². The van der Waals surface area contributed by atoms with Crippen LogP contribution in [0.4, 0.5) is 0 Å². The number of carbonyl (C=O) groups excluding carboxylic acids is 1. The first kappa shape index (κ1) is 20.1. The molecule has 6 rings (SSSR count). The van der Waals surface area contributed by atoms with Gasteiger partial charge in [-0.05, 0) is 35.2 Å². The van der Waals surface area contributed by atoms with Crippen LogP contribution in [0.5, 0.6) is 11.5 Å². The van der Waals surface area contributed by atoms with Crippen molar-refractivity contribution >= 4 is 5.91 Å². The van der Waals surface area contributed by atoms with Crippen LogP contribution in [0, 0.1) is 0 Å². The van der Waals surface area contributed by atoms with E-state index in [1.54, 1.807) is 0 Å². The molecule has 166 valence electrons. The minimum atomic E-state index is -0.0258. The van der Waals surface area contributed by atoms with Crippen molar-refractivity contribution in [3.8, 4) is 11.5 Å². The second-order valence-corrected chi connectivity index (χ2v) is 8.76. The van der Waals surface area contributed by atoms with Crippen LogP contribution in [0.15, 0.2) is 84.9 Å². The van der Waals surface area contributed by atoms with E-state index in [4.69, 9.17) is 14.2 Å². The molecule has 33 heavy (non-hydrogen) atoms. The Morgan fingerprint density at radius 1 is 0.879 bits per heavy atom. The van der Waals surface area contributed by atoms with Gasteiger partial charge in [-0.25, -0.2) is 0 Å². The van der Waals surface area contributed by atoms with Crippen molar-refractivity contribution < 1.29 is 19.0 Å². The van der Waals surface area contributed by atoms with E-state index >= 15 is 0 Å². The van der Waals surface area contributed by atoms with Crippen molar-refractivity contribution in [2.24, 2.45) is 0 Å². The third-order valence-corrected chi connectivity index (χ3v) is 6.72. The van der Waals surface area contributed by atoms with Gasteiger partial charge >= 0.3 is 0 Å². The van der Waals surface area contributed by atoms with E-state index in [2.05, 4.69) is 36.4 Å². The molecule has 5 heteroatoms. The van der Waals surface area contributed by atoms with Gasteiger partial charge in [0.05, 0.1) is 18.8 Å². The summed E-state index contributed by atoms with van der Waals surface area (Å²) in [4.78, 5) is 15.6. The van der Waals surface area contributed by atoms with Gasteiger partial charge in [-0.1, -0.05) is 72.8 Å². The van der Waals surface area contributed by atoms with Crippen molar-refractivity contribution in [1.29, 1.82) is 0 Å². The number of benzene rings is 3. The van der Waals surface area contributed by atoms with Crippen LogP contribution in [-0.2, 0) is 17.9 Å². The molecule has 0 saturated heterocycles. The van der Waals surface area contributed by atoms with Crippen molar-refractivity contribution in [1.82, 2.24) is 4.90 Å². The Hall–Kier alpha value is -3.57. The summed E-state index contributed by atoms with van der Waals surface area (Å²) < 4.78 is 17.5. The molecular weight excluding hydrogens is 414 g/mol. The maximum absolute atomic E-state index is 13.6. The predicted octanol–water partition coefficient (Wildman–Crippen LogP) is 5.07. The second kappa shape index (κ2) is 8.41. The highest BCUT2D eigenvalue weighted by Gasteiger charge is 2.42. The van der Waals surface area contributed by atoms with E-state index in [1.165, 1.54) is 0 Å². The molecule has 0 N–H and O–H groups in total. The molecule has 1 aliphatic carbocycles. The van der Waals surface area contributed by atoms with Crippen LogP contribution in [0.1, 0.15) is 39.4 Å². The predicted molar refractivity (Wildman–Crippen MR) is 124 cm³/mol. The molecule has 5 nitrogen and oxygen atoms in total. The number of hydrogen-bond donors (Lipinski definition) is 0. The summed E-state index contributed by atoms with van der Waals surface area (Å²) >= 11 is 0. The molecule has 0 spiro atoms. The molecule has 3 unspecified atom stereocenters. The summed E-state index contributed by atoms with van der Waals surface area (Å²) in [5, 5.41) is 0. The molecule has 1 amide bonds. The van der Waals surface area contributed by atoms with Crippen LogP contribution in [0.25, 0.3) is 0 Å². The Morgan fingerprint density at radius 2 is 1.58 bits per heavy atom. The van der Waals surface area contributed by atoms with Gasteiger partial charge in [-0.2, -0.15) is 0 Å². The Kier molecular flexibility index (Phi) is 5.11. The maximum atomic E-state index is 13.6. The van der Waals surface area contributed by atoms with Crippen LogP contribution in [0.2, 0.25) is 0 Å². The number of nitrogens with zero attached hydrogens (tertiary/aromatic N) is 1. The van der Waals surface area contributed by atoms with Crippen LogP contribution >= 0.6 is 0 Å². The molecule has 0 saturated carbocycles. The molecule has 3 atom stereocenters. The first-order chi connectivity index (χ1) is 16.3. The molecule has 0 aromatic heterocycles. The highest BCUT2D eigenvalue weighted by atomic mass is 16.7. The smallest absolute Gasteiger partial charge is 0.255 e. The molecular formula is C28H25NO4. The zero-order valence-corrected chi connectivity index (χ0v) is 18.2. The maximum Gasteiger partial charge on any atom is 0.255 e. The summed E-state index contributed by atoms with van der Waals surface area (Å²) in [5.74, 6) is 1.51. The van der Waals surface area contributed by atoms with E-state index in [1.807, 2.05) is 53.4 Å². The minimum Gasteiger partial charge on any atom is -0.454 e. The number of ether oxygens (including phenoxy) is 3. The van der Waals surface area contributed by atoms with E-state index < -0.39 is 0 Å². The summed E-state index contributed by atoms with van der Waals surface area (Å²) in [6.07, 6.45) is 5.06. The van der Waals surface area contributed by atoms with E-state index in [0.29, 0.717) is 30.2 Å². The molecule has 0 bridgehead atoms. The number of fused-ring (bicyclic) bond motifs is 4. The SMILES string of the molecule is O=C1c2cc3c(cc2C2CC(OCc4ccccc4)C=CC2N1Cc1ccccc1)OCO3. The number of amides is 1.